The summed E-state index contributed by atoms with van der Waals surface area (Å²) in [6.07, 6.45) is 1.51. The molecule has 1 amide bonds. The average molecular weight is 341 g/mol. The molecule has 130 valence electrons. The first-order valence-corrected chi connectivity index (χ1v) is 7.76. The van der Waals surface area contributed by atoms with Crippen LogP contribution >= 0.6 is 0 Å². The van der Waals surface area contributed by atoms with Gasteiger partial charge in [0, 0.05) is 17.7 Å². The molecule has 2 aromatic carbocycles. The van der Waals surface area contributed by atoms with Gasteiger partial charge in [-0.3, -0.25) is 14.9 Å². The van der Waals surface area contributed by atoms with Gasteiger partial charge in [0.25, 0.3) is 11.6 Å². The van der Waals surface area contributed by atoms with Crippen molar-refractivity contribution in [1.29, 1.82) is 0 Å². The number of nitro groups is 1. The van der Waals surface area contributed by atoms with Crippen LogP contribution in [0, 0.1) is 16.0 Å². The summed E-state index contributed by atoms with van der Waals surface area (Å²) in [4.78, 5) is 22.0. The van der Waals surface area contributed by atoms with Crippen LogP contribution < -0.4 is 10.2 Å². The molecule has 0 aliphatic carbocycles. The highest BCUT2D eigenvalue weighted by Gasteiger charge is 2.08. The number of nitrogens with zero attached hydrogens (tertiary/aromatic N) is 2. The van der Waals surface area contributed by atoms with Crippen molar-refractivity contribution in [3.8, 4) is 5.75 Å². The third-order valence-electron chi connectivity index (χ3n) is 3.16. The Morgan fingerprint density at radius 2 is 2.00 bits per heavy atom. The van der Waals surface area contributed by atoms with Crippen molar-refractivity contribution in [1.82, 2.24) is 5.43 Å². The number of nitro benzene ring substituents is 1. The fourth-order valence-corrected chi connectivity index (χ4v) is 1.91. The van der Waals surface area contributed by atoms with Crippen molar-refractivity contribution < 1.29 is 14.5 Å². The van der Waals surface area contributed by atoms with E-state index >= 15 is 0 Å². The highest BCUT2D eigenvalue weighted by atomic mass is 16.6. The molecule has 0 saturated carbocycles. The molecule has 0 unspecified atom stereocenters. The number of rotatable bonds is 7. The van der Waals surface area contributed by atoms with Crippen molar-refractivity contribution in [3.05, 3.63) is 69.8 Å². The van der Waals surface area contributed by atoms with Crippen LogP contribution in [0.4, 0.5) is 5.69 Å². The molecule has 0 radical (unpaired) electrons. The number of hydrogen-bond donors (Lipinski definition) is 1. The summed E-state index contributed by atoms with van der Waals surface area (Å²) in [6.45, 7) is 4.76. The van der Waals surface area contributed by atoms with Gasteiger partial charge in [0.15, 0.2) is 0 Å². The number of non-ortho nitro benzene ring substituents is 1. The highest BCUT2D eigenvalue weighted by Crippen LogP contribution is 2.13. The van der Waals surface area contributed by atoms with E-state index in [0.717, 1.165) is 11.3 Å². The molecule has 2 rings (SSSR count). The Kier molecular flexibility index (Phi) is 6.22. The molecule has 0 spiro atoms. The lowest BCUT2D eigenvalue weighted by Gasteiger charge is -2.08. The third kappa shape index (κ3) is 5.72. The zero-order valence-corrected chi connectivity index (χ0v) is 14.0. The van der Waals surface area contributed by atoms with Crippen molar-refractivity contribution in [3.63, 3.8) is 0 Å². The van der Waals surface area contributed by atoms with Gasteiger partial charge < -0.3 is 4.74 Å². The lowest BCUT2D eigenvalue weighted by atomic mass is 10.2. The number of ether oxygens (including phenoxy) is 1. The number of carbonyl (C=O) groups is 1. The second-order valence-corrected chi connectivity index (χ2v) is 5.78. The molecule has 25 heavy (non-hydrogen) atoms. The van der Waals surface area contributed by atoms with E-state index in [9.17, 15) is 14.9 Å². The molecule has 0 atom stereocenters. The van der Waals surface area contributed by atoms with Gasteiger partial charge >= 0.3 is 0 Å². The molecular formula is C18H19N3O4. The van der Waals surface area contributed by atoms with Gasteiger partial charge in [-0.15, -0.1) is 0 Å². The van der Waals surface area contributed by atoms with Crippen molar-refractivity contribution in [2.45, 2.75) is 13.8 Å². The minimum Gasteiger partial charge on any atom is -0.493 e. The fraction of sp³-hybridized carbons (Fsp3) is 0.222. The quantitative estimate of drug-likeness (QED) is 0.474. The number of hydrazone groups is 1. The van der Waals surface area contributed by atoms with Crippen LogP contribution in [0.1, 0.15) is 29.8 Å². The van der Waals surface area contributed by atoms with Crippen LogP contribution in [0.5, 0.6) is 5.75 Å². The average Bonchev–Trinajstić information content (AvgIpc) is 2.60. The van der Waals surface area contributed by atoms with Crippen LogP contribution in [-0.4, -0.2) is 23.7 Å². The summed E-state index contributed by atoms with van der Waals surface area (Å²) in [5, 5.41) is 14.5. The minimum atomic E-state index is -0.520. The number of nitrogens with one attached hydrogen (secondary N) is 1. The van der Waals surface area contributed by atoms with Crippen molar-refractivity contribution >= 4 is 17.8 Å². The summed E-state index contributed by atoms with van der Waals surface area (Å²) >= 11 is 0. The molecule has 1 N–H and O–H groups in total. The Morgan fingerprint density at radius 3 is 2.64 bits per heavy atom. The Morgan fingerprint density at radius 1 is 1.28 bits per heavy atom. The third-order valence-corrected chi connectivity index (χ3v) is 3.16. The monoisotopic (exact) mass is 341 g/mol. The molecule has 0 saturated heterocycles. The van der Waals surface area contributed by atoms with E-state index in [1.807, 2.05) is 24.3 Å². The van der Waals surface area contributed by atoms with Gasteiger partial charge in [-0.05, 0) is 35.7 Å². The van der Waals surface area contributed by atoms with Gasteiger partial charge in [0.05, 0.1) is 17.7 Å². The summed E-state index contributed by atoms with van der Waals surface area (Å²) < 4.78 is 5.63. The second kappa shape index (κ2) is 8.58. The predicted octanol–water partition coefficient (Wildman–Crippen LogP) is 3.39. The molecule has 7 heteroatoms. The number of carbonyl (C=O) groups excluding carboxylic acids is 1. The summed E-state index contributed by atoms with van der Waals surface area (Å²) in [5.41, 5.74) is 3.39. The summed E-state index contributed by atoms with van der Waals surface area (Å²) in [5.74, 6) is 0.719. The highest BCUT2D eigenvalue weighted by molar-refractivity contribution is 5.95. The molecule has 0 aromatic heterocycles. The topological polar surface area (TPSA) is 93.8 Å². The maximum atomic E-state index is 11.9. The maximum Gasteiger partial charge on any atom is 0.271 e. The van der Waals surface area contributed by atoms with E-state index in [-0.39, 0.29) is 11.3 Å². The van der Waals surface area contributed by atoms with E-state index in [4.69, 9.17) is 4.74 Å². The lowest BCUT2D eigenvalue weighted by molar-refractivity contribution is -0.384. The fourth-order valence-electron chi connectivity index (χ4n) is 1.91. The summed E-state index contributed by atoms with van der Waals surface area (Å²) in [7, 11) is 0. The Labute approximate surface area is 145 Å². The first-order valence-electron chi connectivity index (χ1n) is 7.76. The smallest absolute Gasteiger partial charge is 0.271 e. The van der Waals surface area contributed by atoms with E-state index in [2.05, 4.69) is 24.4 Å². The van der Waals surface area contributed by atoms with Crippen molar-refractivity contribution in [2.75, 3.05) is 6.61 Å². The molecule has 0 heterocycles. The summed E-state index contributed by atoms with van der Waals surface area (Å²) in [6, 6.07) is 12.7. The van der Waals surface area contributed by atoms with Gasteiger partial charge in [0.1, 0.15) is 5.75 Å². The zero-order chi connectivity index (χ0) is 18.2. The van der Waals surface area contributed by atoms with Crippen LogP contribution in [0.15, 0.2) is 53.6 Å². The normalized spacial score (nSPS) is 10.8. The Hall–Kier alpha value is -3.22. The first-order chi connectivity index (χ1) is 12.0. The maximum absolute atomic E-state index is 11.9. The van der Waals surface area contributed by atoms with E-state index in [1.54, 1.807) is 0 Å². The zero-order valence-electron chi connectivity index (χ0n) is 14.0. The number of benzene rings is 2. The molecule has 2 aromatic rings. The van der Waals surface area contributed by atoms with Gasteiger partial charge in [0.2, 0.25) is 0 Å². The molecule has 0 aliphatic heterocycles. The van der Waals surface area contributed by atoms with Crippen LogP contribution in [0.2, 0.25) is 0 Å². The van der Waals surface area contributed by atoms with Gasteiger partial charge in [-0.1, -0.05) is 26.0 Å². The second-order valence-electron chi connectivity index (χ2n) is 5.78. The molecule has 7 nitrogen and oxygen atoms in total. The van der Waals surface area contributed by atoms with Gasteiger partial charge in [-0.2, -0.15) is 5.10 Å². The SMILES string of the molecule is CC(C)COc1cccc(/C=N/NC(=O)c2ccc([N+](=O)[O-])cc2)c1. The van der Waals surface area contributed by atoms with E-state index in [0.29, 0.717) is 12.5 Å². The number of amides is 1. The minimum absolute atomic E-state index is 0.0711. The molecule has 0 aliphatic rings. The Balaban J connectivity index is 1.94. The lowest BCUT2D eigenvalue weighted by Crippen LogP contribution is -2.17. The number of hydrogen-bond acceptors (Lipinski definition) is 5. The standard InChI is InChI=1S/C18H19N3O4/c1-13(2)12-25-17-5-3-4-14(10-17)11-19-20-18(22)15-6-8-16(9-7-15)21(23)24/h3-11,13H,12H2,1-2H3,(H,20,22)/b19-11+. The molecule has 0 bridgehead atoms. The van der Waals surface area contributed by atoms with Crippen molar-refractivity contribution in [2.24, 2.45) is 11.0 Å². The molecule has 0 fully saturated rings. The van der Waals surface area contributed by atoms with Crippen LogP contribution in [0.25, 0.3) is 0 Å². The molecular weight excluding hydrogens is 322 g/mol. The van der Waals surface area contributed by atoms with Gasteiger partial charge in [-0.25, -0.2) is 5.43 Å². The van der Waals surface area contributed by atoms with E-state index < -0.39 is 10.8 Å². The predicted molar refractivity (Wildman–Crippen MR) is 94.9 cm³/mol. The largest absolute Gasteiger partial charge is 0.493 e. The van der Waals surface area contributed by atoms with E-state index in [1.165, 1.54) is 30.5 Å². The first kappa shape index (κ1) is 18.1. The van der Waals surface area contributed by atoms with Crippen LogP contribution in [-0.2, 0) is 0 Å². The van der Waals surface area contributed by atoms with Crippen LogP contribution in [0.3, 0.4) is 0 Å². The Bertz CT molecular complexity index is 770.